The molecule has 5 aliphatic rings. The number of carbonyl (C=O) groups is 2. The fraction of sp³-hybridized carbons (Fsp3) is 0.556. The van der Waals surface area contributed by atoms with Crippen molar-refractivity contribution in [1.82, 2.24) is 0 Å². The first-order valence-electron chi connectivity index (χ1n) is 12.3. The molecule has 1 heterocycles. The first-order valence-corrected chi connectivity index (χ1v) is 12.7. The average Bonchev–Trinajstić information content (AvgIpc) is 3.32. The largest absolute Gasteiger partial charge is 0.390 e. The van der Waals surface area contributed by atoms with Gasteiger partial charge < -0.3 is 5.11 Å². The zero-order chi connectivity index (χ0) is 25.8. The van der Waals surface area contributed by atoms with E-state index in [0.717, 1.165) is 6.08 Å². The van der Waals surface area contributed by atoms with Crippen LogP contribution < -0.4 is 5.06 Å². The summed E-state index contributed by atoms with van der Waals surface area (Å²) in [5.41, 5.74) is -5.57. The van der Waals surface area contributed by atoms with E-state index in [4.69, 9.17) is 4.84 Å². The van der Waals surface area contributed by atoms with Gasteiger partial charge in [0, 0.05) is 22.7 Å². The van der Waals surface area contributed by atoms with Gasteiger partial charge in [-0.1, -0.05) is 13.0 Å². The predicted octanol–water partition coefficient (Wildman–Crippen LogP) is 4.32. The van der Waals surface area contributed by atoms with E-state index in [1.165, 1.54) is 24.3 Å². The highest BCUT2D eigenvalue weighted by Gasteiger charge is 2.79. The van der Waals surface area contributed by atoms with Gasteiger partial charge in [0.05, 0.1) is 18.3 Å². The van der Waals surface area contributed by atoms with Crippen LogP contribution >= 0.6 is 12.6 Å². The smallest absolute Gasteiger partial charge is 0.221 e. The molecule has 1 aromatic carbocycles. The average molecular weight is 520 g/mol. The van der Waals surface area contributed by atoms with Crippen LogP contribution in [0.25, 0.3) is 0 Å². The minimum Gasteiger partial charge on any atom is -0.390 e. The summed E-state index contributed by atoms with van der Waals surface area (Å²) in [5, 5.41) is 12.5. The van der Waals surface area contributed by atoms with Crippen molar-refractivity contribution in [2.75, 3.05) is 11.6 Å². The van der Waals surface area contributed by atoms with Crippen molar-refractivity contribution in [2.45, 2.75) is 56.7 Å². The molecule has 0 radical (unpaired) electrons. The van der Waals surface area contributed by atoms with Crippen LogP contribution in [0.1, 0.15) is 33.1 Å². The lowest BCUT2D eigenvalue weighted by atomic mass is 9.44. The maximum absolute atomic E-state index is 17.3. The van der Waals surface area contributed by atoms with Gasteiger partial charge in [-0.2, -0.15) is 0 Å². The Morgan fingerprint density at radius 2 is 1.89 bits per heavy atom. The van der Waals surface area contributed by atoms with Gasteiger partial charge in [0.1, 0.15) is 12.0 Å². The van der Waals surface area contributed by atoms with Gasteiger partial charge in [0.25, 0.3) is 0 Å². The second-order valence-corrected chi connectivity index (χ2v) is 11.9. The Labute approximate surface area is 212 Å². The van der Waals surface area contributed by atoms with Gasteiger partial charge >= 0.3 is 0 Å². The third-order valence-corrected chi connectivity index (χ3v) is 10.4. The summed E-state index contributed by atoms with van der Waals surface area (Å²) in [7, 11) is 0. The third-order valence-electron chi connectivity index (χ3n) is 10.1. The molecule has 4 fully saturated rings. The molecule has 1 N–H and O–H groups in total. The number of aliphatic hydroxyl groups is 1. The molecule has 6 rings (SSSR count). The summed E-state index contributed by atoms with van der Waals surface area (Å²) in [4.78, 5) is 31.6. The number of nitrogens with zero attached hydrogens (tertiary/aromatic N) is 1. The molecular formula is C27H28F3NO4S. The molecule has 1 saturated heterocycles. The number of alkyl halides is 2. The highest BCUT2D eigenvalue weighted by atomic mass is 32.1. The lowest BCUT2D eigenvalue weighted by Crippen LogP contribution is -2.70. The number of ketones is 1. The van der Waals surface area contributed by atoms with Crippen molar-refractivity contribution in [3.05, 3.63) is 53.9 Å². The first-order chi connectivity index (χ1) is 16.9. The fourth-order valence-electron chi connectivity index (χ4n) is 8.37. The molecule has 192 valence electrons. The molecule has 5 nitrogen and oxygen atoms in total. The number of hydroxylamine groups is 1. The van der Waals surface area contributed by atoms with Crippen LogP contribution in [0.15, 0.2) is 48.1 Å². The lowest BCUT2D eigenvalue weighted by Gasteiger charge is -2.63. The number of thiol groups is 1. The second kappa shape index (κ2) is 7.48. The molecule has 4 aliphatic carbocycles. The van der Waals surface area contributed by atoms with Crippen LogP contribution in [0.3, 0.4) is 0 Å². The fourth-order valence-corrected chi connectivity index (χ4v) is 8.85. The molecule has 1 aromatic rings. The van der Waals surface area contributed by atoms with Crippen LogP contribution in [0.2, 0.25) is 0 Å². The van der Waals surface area contributed by atoms with E-state index in [0.29, 0.717) is 18.7 Å². The number of benzene rings is 1. The van der Waals surface area contributed by atoms with Crippen LogP contribution in [-0.4, -0.2) is 46.1 Å². The number of allylic oxidation sites excluding steroid dienone is 4. The Hall–Kier alpha value is -2.10. The summed E-state index contributed by atoms with van der Waals surface area (Å²) < 4.78 is 46.4. The van der Waals surface area contributed by atoms with Crippen LogP contribution in [-0.2, 0) is 14.4 Å². The molecule has 0 bridgehead atoms. The molecule has 0 spiro atoms. The molecule has 0 aromatic heterocycles. The van der Waals surface area contributed by atoms with Gasteiger partial charge in [-0.15, -0.1) is 12.6 Å². The number of aliphatic hydroxyl groups excluding tert-OH is 1. The van der Waals surface area contributed by atoms with E-state index in [1.54, 1.807) is 24.1 Å². The topological polar surface area (TPSA) is 66.8 Å². The van der Waals surface area contributed by atoms with Crippen molar-refractivity contribution < 1.29 is 32.7 Å². The Bertz CT molecular complexity index is 1220. The summed E-state index contributed by atoms with van der Waals surface area (Å²) >= 11 is 4.23. The molecular weight excluding hydrogens is 491 g/mol. The zero-order valence-electron chi connectivity index (χ0n) is 20.0. The molecule has 1 unspecified atom stereocenters. The van der Waals surface area contributed by atoms with Crippen molar-refractivity contribution in [3.63, 3.8) is 0 Å². The summed E-state index contributed by atoms with van der Waals surface area (Å²) in [5.74, 6) is -2.56. The number of fused-ring (bicyclic) bond motifs is 7. The van der Waals surface area contributed by atoms with Crippen molar-refractivity contribution >= 4 is 29.2 Å². The molecule has 36 heavy (non-hydrogen) atoms. The molecule has 9 atom stereocenters. The number of hydrogen-bond donors (Lipinski definition) is 2. The van der Waals surface area contributed by atoms with Crippen molar-refractivity contribution in [1.29, 1.82) is 0 Å². The van der Waals surface area contributed by atoms with E-state index in [1.807, 2.05) is 6.92 Å². The monoisotopic (exact) mass is 519 g/mol. The van der Waals surface area contributed by atoms with Gasteiger partial charge in [0.2, 0.25) is 5.12 Å². The van der Waals surface area contributed by atoms with Gasteiger partial charge in [0.15, 0.2) is 17.1 Å². The Balaban J connectivity index is 1.43. The maximum Gasteiger partial charge on any atom is 0.221 e. The third kappa shape index (κ3) is 2.72. The molecule has 0 amide bonds. The van der Waals surface area contributed by atoms with Gasteiger partial charge in [-0.3, -0.25) is 19.5 Å². The van der Waals surface area contributed by atoms with Crippen LogP contribution in [0, 0.1) is 34.4 Å². The van der Waals surface area contributed by atoms with Gasteiger partial charge in [-0.05, 0) is 74.1 Å². The van der Waals surface area contributed by atoms with Gasteiger partial charge in [-0.25, -0.2) is 13.2 Å². The summed E-state index contributed by atoms with van der Waals surface area (Å²) in [6.45, 7) is 3.65. The van der Waals surface area contributed by atoms with Crippen LogP contribution in [0.4, 0.5) is 18.9 Å². The molecule has 3 saturated carbocycles. The Kier molecular flexibility index (Phi) is 5.04. The number of rotatable bonds is 2. The summed E-state index contributed by atoms with van der Waals surface area (Å²) in [6, 6.07) is 5.70. The SMILES string of the molecule is CC12C[C@H](O)[C@@]3(F)[C@@H](C[C@H](F)C4=CC(=O)C=C[C@@]43C)[C@@H]1C[C@H]1CN(c3ccc(F)cc3)O[C@]12C(=O)S. The van der Waals surface area contributed by atoms with E-state index in [-0.39, 0.29) is 24.3 Å². The van der Waals surface area contributed by atoms with E-state index < -0.39 is 62.9 Å². The first kappa shape index (κ1) is 24.2. The standard InChI is InChI=1S/C27H28F3NO4S/c1-24-8-7-17(32)10-20(24)21(29)11-19-18-9-14-13-31(16-5-3-15(28)4-6-16)35-27(14,23(34)36)25(18,2)12-22(33)26(19,24)30/h3-8,10,14,18-19,21-22,33H,9,11-13H2,1-2H3,(H,34,36)/t14-,18-,19-,21-,22-,24-,25?,26-,27-/m0/s1. The second-order valence-electron chi connectivity index (χ2n) is 11.5. The maximum atomic E-state index is 17.3. The quantitative estimate of drug-likeness (QED) is 0.570. The lowest BCUT2D eigenvalue weighted by molar-refractivity contribution is -0.225. The summed E-state index contributed by atoms with van der Waals surface area (Å²) in [6.07, 6.45) is 0.821. The van der Waals surface area contributed by atoms with Crippen LogP contribution in [0.5, 0.6) is 0 Å². The van der Waals surface area contributed by atoms with Crippen molar-refractivity contribution in [2.24, 2.45) is 28.6 Å². The van der Waals surface area contributed by atoms with E-state index >= 15 is 8.78 Å². The minimum atomic E-state index is -2.22. The predicted molar refractivity (Wildman–Crippen MR) is 129 cm³/mol. The highest BCUT2D eigenvalue weighted by Crippen LogP contribution is 2.73. The molecule has 1 aliphatic heterocycles. The van der Waals surface area contributed by atoms with Crippen molar-refractivity contribution in [3.8, 4) is 0 Å². The minimum absolute atomic E-state index is 0.0633. The van der Waals surface area contributed by atoms with E-state index in [2.05, 4.69) is 12.6 Å². The Morgan fingerprint density at radius 3 is 2.56 bits per heavy atom. The molecule has 9 heteroatoms. The van der Waals surface area contributed by atoms with E-state index in [9.17, 15) is 19.1 Å². The number of anilines is 1. The highest BCUT2D eigenvalue weighted by molar-refractivity contribution is 7.96. The number of halogens is 3. The number of hydrogen-bond acceptors (Lipinski definition) is 5. The normalized spacial score (nSPS) is 47.1. The zero-order valence-corrected chi connectivity index (χ0v) is 20.9. The Morgan fingerprint density at radius 1 is 1.19 bits per heavy atom. The number of carbonyl (C=O) groups excluding carboxylic acids is 2.